The summed E-state index contributed by atoms with van der Waals surface area (Å²) < 4.78 is 49.3. The molecule has 0 bridgehead atoms. The Morgan fingerprint density at radius 1 is 1.37 bits per heavy atom. The van der Waals surface area contributed by atoms with Crippen molar-refractivity contribution in [3.05, 3.63) is 17.5 Å². The average Bonchev–Trinajstić information content (AvgIpc) is 2.28. The first-order valence-electron chi connectivity index (χ1n) is 5.65. The van der Waals surface area contributed by atoms with Gasteiger partial charge in [-0.3, -0.25) is 0 Å². The van der Waals surface area contributed by atoms with Crippen LogP contribution in [0.5, 0.6) is 0 Å². The lowest BCUT2D eigenvalue weighted by molar-refractivity contribution is 0.0977. The summed E-state index contributed by atoms with van der Waals surface area (Å²) in [4.78, 5) is 9.48. The molecule has 1 aromatic heterocycles. The lowest BCUT2D eigenvalue weighted by Gasteiger charge is -2.27. The van der Waals surface area contributed by atoms with Crippen molar-refractivity contribution in [2.24, 2.45) is 0 Å². The van der Waals surface area contributed by atoms with E-state index in [0.717, 1.165) is 0 Å². The minimum Gasteiger partial charge on any atom is -0.339 e. The predicted octanol–water partition coefficient (Wildman–Crippen LogP) is 0.944. The maximum Gasteiger partial charge on any atom is 0.300 e. The number of halogens is 2. The van der Waals surface area contributed by atoms with Gasteiger partial charge in [0.15, 0.2) is 9.84 Å². The second-order valence-electron chi connectivity index (χ2n) is 4.46. The zero-order valence-electron chi connectivity index (χ0n) is 10.3. The molecule has 0 spiro atoms. The predicted molar refractivity (Wildman–Crippen MR) is 71.2 cm³/mol. The third-order valence-electron chi connectivity index (χ3n) is 2.90. The Bertz CT molecular complexity index is 575. The van der Waals surface area contributed by atoms with Gasteiger partial charge in [0.1, 0.15) is 5.69 Å². The van der Waals surface area contributed by atoms with Crippen LogP contribution in [0.15, 0.2) is 6.20 Å². The van der Waals surface area contributed by atoms with Crippen molar-refractivity contribution in [2.75, 3.05) is 29.5 Å². The molecule has 1 aliphatic heterocycles. The normalized spacial score (nSPS) is 19.5. The monoisotopic (exact) mass is 309 g/mol. The van der Waals surface area contributed by atoms with Gasteiger partial charge in [0.25, 0.3) is 0 Å². The van der Waals surface area contributed by atoms with Crippen molar-refractivity contribution >= 4 is 25.0 Å². The lowest BCUT2D eigenvalue weighted by atomic mass is 10.2. The summed E-state index contributed by atoms with van der Waals surface area (Å²) in [6, 6.07) is 0. The standard InChI is InChI=1S/C10H14F2N3O2PS/c1-7-6-13-9(14-8(7)10(11,12)18)15-2-4-19(16,17)5-3-15/h6H,2-5,18H2,1H3. The Morgan fingerprint density at radius 3 is 2.47 bits per heavy atom. The van der Waals surface area contributed by atoms with E-state index in [1.54, 1.807) is 4.90 Å². The van der Waals surface area contributed by atoms with Gasteiger partial charge in [-0.05, 0) is 12.5 Å². The molecule has 0 aromatic carbocycles. The Morgan fingerprint density at radius 2 is 1.95 bits per heavy atom. The molecule has 1 aromatic rings. The van der Waals surface area contributed by atoms with E-state index in [4.69, 9.17) is 0 Å². The van der Waals surface area contributed by atoms with Crippen LogP contribution in [-0.4, -0.2) is 43.0 Å². The first kappa shape index (κ1) is 14.5. The van der Waals surface area contributed by atoms with Gasteiger partial charge in [0, 0.05) is 19.3 Å². The van der Waals surface area contributed by atoms with Crippen molar-refractivity contribution in [3.63, 3.8) is 0 Å². The van der Waals surface area contributed by atoms with E-state index < -0.39 is 15.5 Å². The summed E-state index contributed by atoms with van der Waals surface area (Å²) in [5.41, 5.74) is -3.17. The third-order valence-corrected chi connectivity index (χ3v) is 4.78. The summed E-state index contributed by atoms with van der Waals surface area (Å²) in [5.74, 6) is 0.144. The van der Waals surface area contributed by atoms with Crippen molar-refractivity contribution in [1.29, 1.82) is 0 Å². The number of rotatable bonds is 2. The van der Waals surface area contributed by atoms with Gasteiger partial charge in [0.2, 0.25) is 5.95 Å². The van der Waals surface area contributed by atoms with Crippen molar-refractivity contribution in [2.45, 2.75) is 12.6 Å². The van der Waals surface area contributed by atoms with Crippen LogP contribution >= 0.6 is 9.24 Å². The van der Waals surface area contributed by atoms with Gasteiger partial charge in [-0.25, -0.2) is 18.4 Å². The Balaban J connectivity index is 2.27. The largest absolute Gasteiger partial charge is 0.339 e. The third kappa shape index (κ3) is 3.36. The van der Waals surface area contributed by atoms with E-state index in [9.17, 15) is 17.2 Å². The molecule has 0 N–H and O–H groups in total. The second-order valence-corrected chi connectivity index (χ2v) is 7.49. The average molecular weight is 309 g/mol. The Labute approximate surface area is 112 Å². The van der Waals surface area contributed by atoms with Crippen molar-refractivity contribution in [3.8, 4) is 0 Å². The van der Waals surface area contributed by atoms with Gasteiger partial charge in [0.05, 0.1) is 11.5 Å². The molecule has 1 unspecified atom stereocenters. The Kier molecular flexibility index (Phi) is 3.75. The number of nitrogens with zero attached hydrogens (tertiary/aromatic N) is 3. The number of aromatic nitrogens is 2. The quantitative estimate of drug-likeness (QED) is 0.761. The zero-order chi connectivity index (χ0) is 14.3. The SMILES string of the molecule is Cc1cnc(N2CCS(=O)(=O)CC2)nc1C(F)(F)P. The highest BCUT2D eigenvalue weighted by atomic mass is 32.2. The number of hydrogen-bond donors (Lipinski definition) is 0. The molecule has 1 saturated heterocycles. The van der Waals surface area contributed by atoms with Gasteiger partial charge < -0.3 is 4.90 Å². The van der Waals surface area contributed by atoms with Gasteiger partial charge in [-0.1, -0.05) is 9.24 Å². The summed E-state index contributed by atoms with van der Waals surface area (Å²) in [7, 11) is -1.57. The number of aryl methyl sites for hydroxylation is 1. The van der Waals surface area contributed by atoms with Crippen LogP contribution < -0.4 is 4.90 Å². The van der Waals surface area contributed by atoms with Crippen LogP contribution in [0.3, 0.4) is 0 Å². The van der Waals surface area contributed by atoms with Gasteiger partial charge in [-0.15, -0.1) is 0 Å². The van der Waals surface area contributed by atoms with E-state index in [-0.39, 0.29) is 36.2 Å². The molecule has 19 heavy (non-hydrogen) atoms. The fourth-order valence-electron chi connectivity index (χ4n) is 1.83. The topological polar surface area (TPSA) is 63.2 Å². The van der Waals surface area contributed by atoms with Crippen LogP contribution in [-0.2, 0) is 15.5 Å². The van der Waals surface area contributed by atoms with Crippen LogP contribution in [0.25, 0.3) is 0 Å². The summed E-state index contributed by atoms with van der Waals surface area (Å²) in [6.45, 7) is 1.97. The molecular formula is C10H14F2N3O2PS. The molecule has 106 valence electrons. The Hall–Kier alpha value is -0.880. The van der Waals surface area contributed by atoms with E-state index in [1.807, 2.05) is 0 Å². The zero-order valence-corrected chi connectivity index (χ0v) is 12.3. The first-order valence-corrected chi connectivity index (χ1v) is 8.05. The van der Waals surface area contributed by atoms with E-state index in [2.05, 4.69) is 9.97 Å². The fourth-order valence-corrected chi connectivity index (χ4v) is 3.33. The van der Waals surface area contributed by atoms with Crippen molar-refractivity contribution < 1.29 is 17.2 Å². The second kappa shape index (κ2) is 4.90. The molecule has 1 atom stereocenters. The smallest absolute Gasteiger partial charge is 0.300 e. The molecule has 2 rings (SSSR count). The number of anilines is 1. The molecule has 0 saturated carbocycles. The lowest BCUT2D eigenvalue weighted by Crippen LogP contribution is -2.41. The summed E-state index contributed by atoms with van der Waals surface area (Å²) in [5, 5.41) is 0. The number of alkyl halides is 2. The molecule has 1 fully saturated rings. The molecule has 0 amide bonds. The summed E-state index contributed by atoms with van der Waals surface area (Å²) in [6.07, 6.45) is 1.33. The highest BCUT2D eigenvalue weighted by molar-refractivity contribution is 7.91. The maximum atomic E-state index is 13.3. The molecule has 2 heterocycles. The minimum absolute atomic E-state index is 0.00314. The molecule has 9 heteroatoms. The van der Waals surface area contributed by atoms with Crippen molar-refractivity contribution in [1.82, 2.24) is 9.97 Å². The molecule has 0 radical (unpaired) electrons. The first-order chi connectivity index (χ1) is 8.69. The molecular weight excluding hydrogens is 295 g/mol. The van der Waals surface area contributed by atoms with Crippen LogP contribution in [0.2, 0.25) is 0 Å². The van der Waals surface area contributed by atoms with Crippen LogP contribution in [0.1, 0.15) is 11.3 Å². The number of sulfone groups is 1. The minimum atomic E-state index is -3.12. The molecule has 5 nitrogen and oxygen atoms in total. The van der Waals surface area contributed by atoms with Crippen LogP contribution in [0.4, 0.5) is 14.7 Å². The highest BCUT2D eigenvalue weighted by Crippen LogP contribution is 2.35. The van der Waals surface area contributed by atoms with E-state index in [1.165, 1.54) is 22.4 Å². The van der Waals surface area contributed by atoms with Gasteiger partial charge in [-0.2, -0.15) is 8.78 Å². The summed E-state index contributed by atoms with van der Waals surface area (Å²) >= 11 is 0. The molecule has 1 aliphatic rings. The number of hydrogen-bond acceptors (Lipinski definition) is 5. The van der Waals surface area contributed by atoms with Gasteiger partial charge >= 0.3 is 5.66 Å². The fraction of sp³-hybridized carbons (Fsp3) is 0.600. The van der Waals surface area contributed by atoms with Crippen LogP contribution in [0, 0.1) is 6.92 Å². The maximum absolute atomic E-state index is 13.3. The highest BCUT2D eigenvalue weighted by Gasteiger charge is 2.31. The van der Waals surface area contributed by atoms with E-state index in [0.29, 0.717) is 5.56 Å². The molecule has 0 aliphatic carbocycles. The van der Waals surface area contributed by atoms with E-state index >= 15 is 0 Å².